The van der Waals surface area contributed by atoms with Crippen molar-refractivity contribution in [3.05, 3.63) is 40.3 Å². The summed E-state index contributed by atoms with van der Waals surface area (Å²) in [6, 6.07) is 6.96. The standard InChI is InChI=1S/C16H20N2O3/c1-10(2)5-12-8-15(19)18-16(17-12)11-6-13(20-3)9-14(7-11)21-4/h6-10H,5H2,1-4H3,(H,17,18,19). The molecule has 0 amide bonds. The molecule has 21 heavy (non-hydrogen) atoms. The lowest BCUT2D eigenvalue weighted by atomic mass is 10.1. The summed E-state index contributed by atoms with van der Waals surface area (Å²) in [4.78, 5) is 19.1. The first-order chi connectivity index (χ1) is 10.0. The molecule has 1 aromatic heterocycles. The normalized spacial score (nSPS) is 10.7. The number of ether oxygens (including phenoxy) is 2. The molecule has 0 unspecified atom stereocenters. The van der Waals surface area contributed by atoms with Crippen LogP contribution in [0, 0.1) is 5.92 Å². The van der Waals surface area contributed by atoms with Crippen LogP contribution in [0.25, 0.3) is 11.4 Å². The van der Waals surface area contributed by atoms with Crippen molar-refractivity contribution in [2.75, 3.05) is 14.2 Å². The Hall–Kier alpha value is -2.30. The van der Waals surface area contributed by atoms with Crippen molar-refractivity contribution < 1.29 is 9.47 Å². The summed E-state index contributed by atoms with van der Waals surface area (Å²) in [6.07, 6.45) is 0.762. The summed E-state index contributed by atoms with van der Waals surface area (Å²) in [5.74, 6) is 2.27. The third-order valence-corrected chi connectivity index (χ3v) is 3.04. The second kappa shape index (κ2) is 6.43. The summed E-state index contributed by atoms with van der Waals surface area (Å²) in [6.45, 7) is 4.19. The highest BCUT2D eigenvalue weighted by Crippen LogP contribution is 2.27. The van der Waals surface area contributed by atoms with E-state index in [1.807, 2.05) is 12.1 Å². The number of H-pyrrole nitrogens is 1. The van der Waals surface area contributed by atoms with Gasteiger partial charge in [-0.25, -0.2) is 4.98 Å². The van der Waals surface area contributed by atoms with E-state index in [-0.39, 0.29) is 5.56 Å². The molecule has 5 heteroatoms. The Balaban J connectivity index is 2.50. The second-order valence-electron chi connectivity index (χ2n) is 5.28. The number of benzene rings is 1. The molecule has 112 valence electrons. The van der Waals surface area contributed by atoms with Gasteiger partial charge in [0.15, 0.2) is 0 Å². The minimum absolute atomic E-state index is 0.155. The maximum Gasteiger partial charge on any atom is 0.251 e. The van der Waals surface area contributed by atoms with Crippen LogP contribution in [0.5, 0.6) is 11.5 Å². The van der Waals surface area contributed by atoms with Gasteiger partial charge in [0.2, 0.25) is 0 Å². The van der Waals surface area contributed by atoms with E-state index in [0.717, 1.165) is 17.7 Å². The van der Waals surface area contributed by atoms with Gasteiger partial charge in [-0.2, -0.15) is 0 Å². The molecule has 0 saturated carbocycles. The van der Waals surface area contributed by atoms with Crippen molar-refractivity contribution >= 4 is 0 Å². The number of nitrogens with zero attached hydrogens (tertiary/aromatic N) is 1. The Morgan fingerprint density at radius 3 is 2.24 bits per heavy atom. The highest BCUT2D eigenvalue weighted by Gasteiger charge is 2.09. The predicted octanol–water partition coefficient (Wildman–Crippen LogP) is 2.65. The minimum atomic E-state index is -0.155. The lowest BCUT2D eigenvalue weighted by Gasteiger charge is -2.09. The molecule has 0 aliphatic rings. The van der Waals surface area contributed by atoms with Crippen LogP contribution in [0.1, 0.15) is 19.5 Å². The van der Waals surface area contributed by atoms with E-state index >= 15 is 0 Å². The summed E-state index contributed by atoms with van der Waals surface area (Å²) in [7, 11) is 3.17. The van der Waals surface area contributed by atoms with E-state index in [1.165, 1.54) is 0 Å². The summed E-state index contributed by atoms with van der Waals surface area (Å²) in [5.41, 5.74) is 1.39. The summed E-state index contributed by atoms with van der Waals surface area (Å²) < 4.78 is 10.5. The van der Waals surface area contributed by atoms with Crippen LogP contribution in [-0.2, 0) is 6.42 Å². The minimum Gasteiger partial charge on any atom is -0.497 e. The van der Waals surface area contributed by atoms with Gasteiger partial charge in [-0.3, -0.25) is 4.79 Å². The largest absolute Gasteiger partial charge is 0.497 e. The number of nitrogens with one attached hydrogen (secondary N) is 1. The summed E-state index contributed by atoms with van der Waals surface area (Å²) >= 11 is 0. The molecule has 1 aromatic carbocycles. The molecule has 0 radical (unpaired) electrons. The van der Waals surface area contributed by atoms with Gasteiger partial charge < -0.3 is 14.5 Å². The van der Waals surface area contributed by atoms with Gasteiger partial charge in [-0.15, -0.1) is 0 Å². The first-order valence-corrected chi connectivity index (χ1v) is 6.85. The van der Waals surface area contributed by atoms with E-state index in [9.17, 15) is 4.79 Å². The van der Waals surface area contributed by atoms with E-state index in [0.29, 0.717) is 23.2 Å². The van der Waals surface area contributed by atoms with Crippen LogP contribution in [-0.4, -0.2) is 24.2 Å². The van der Waals surface area contributed by atoms with Crippen molar-refractivity contribution in [2.45, 2.75) is 20.3 Å². The predicted molar refractivity (Wildman–Crippen MR) is 81.9 cm³/mol. The summed E-state index contributed by atoms with van der Waals surface area (Å²) in [5, 5.41) is 0. The van der Waals surface area contributed by atoms with Crippen LogP contribution >= 0.6 is 0 Å². The highest BCUT2D eigenvalue weighted by molar-refractivity contribution is 5.60. The molecule has 0 aliphatic heterocycles. The molecule has 0 bridgehead atoms. The first kappa shape index (κ1) is 15.1. The topological polar surface area (TPSA) is 64.2 Å². The molecule has 0 spiro atoms. The number of methoxy groups -OCH3 is 2. The van der Waals surface area contributed by atoms with E-state index in [4.69, 9.17) is 9.47 Å². The maximum atomic E-state index is 11.8. The van der Waals surface area contributed by atoms with Gasteiger partial charge in [-0.1, -0.05) is 13.8 Å². The number of hydrogen-bond acceptors (Lipinski definition) is 4. The Bertz CT molecular complexity index is 655. The van der Waals surface area contributed by atoms with Gasteiger partial charge in [0, 0.05) is 23.4 Å². The van der Waals surface area contributed by atoms with Crippen LogP contribution in [0.4, 0.5) is 0 Å². The van der Waals surface area contributed by atoms with E-state index in [2.05, 4.69) is 23.8 Å². The van der Waals surface area contributed by atoms with Crippen molar-refractivity contribution in [1.29, 1.82) is 0 Å². The fourth-order valence-corrected chi connectivity index (χ4v) is 2.11. The number of aromatic amines is 1. The maximum absolute atomic E-state index is 11.8. The molecular weight excluding hydrogens is 268 g/mol. The molecule has 5 nitrogen and oxygen atoms in total. The average molecular weight is 288 g/mol. The van der Waals surface area contributed by atoms with Crippen molar-refractivity contribution in [3.8, 4) is 22.9 Å². The zero-order chi connectivity index (χ0) is 15.4. The smallest absolute Gasteiger partial charge is 0.251 e. The zero-order valence-electron chi connectivity index (χ0n) is 12.8. The molecule has 1 heterocycles. The van der Waals surface area contributed by atoms with E-state index in [1.54, 1.807) is 26.4 Å². The Kier molecular flexibility index (Phi) is 4.62. The second-order valence-corrected chi connectivity index (χ2v) is 5.28. The fraction of sp³-hybridized carbons (Fsp3) is 0.375. The third kappa shape index (κ3) is 3.84. The third-order valence-electron chi connectivity index (χ3n) is 3.04. The van der Waals surface area contributed by atoms with Crippen molar-refractivity contribution in [1.82, 2.24) is 9.97 Å². The Morgan fingerprint density at radius 2 is 1.71 bits per heavy atom. The molecule has 0 atom stereocenters. The fourth-order valence-electron chi connectivity index (χ4n) is 2.11. The zero-order valence-corrected chi connectivity index (χ0v) is 12.8. The molecule has 2 aromatic rings. The Morgan fingerprint density at radius 1 is 1.10 bits per heavy atom. The van der Waals surface area contributed by atoms with Gasteiger partial charge in [0.25, 0.3) is 5.56 Å². The van der Waals surface area contributed by atoms with Gasteiger partial charge >= 0.3 is 0 Å². The van der Waals surface area contributed by atoms with Crippen LogP contribution < -0.4 is 15.0 Å². The molecule has 0 saturated heterocycles. The molecule has 0 aliphatic carbocycles. The van der Waals surface area contributed by atoms with Gasteiger partial charge in [0.1, 0.15) is 17.3 Å². The van der Waals surface area contributed by atoms with E-state index < -0.39 is 0 Å². The van der Waals surface area contributed by atoms with Crippen molar-refractivity contribution in [3.63, 3.8) is 0 Å². The monoisotopic (exact) mass is 288 g/mol. The van der Waals surface area contributed by atoms with Crippen LogP contribution in [0.2, 0.25) is 0 Å². The van der Waals surface area contributed by atoms with Crippen LogP contribution in [0.3, 0.4) is 0 Å². The average Bonchev–Trinajstić information content (AvgIpc) is 2.45. The molecule has 2 rings (SSSR count). The molecule has 0 fully saturated rings. The highest BCUT2D eigenvalue weighted by atomic mass is 16.5. The van der Waals surface area contributed by atoms with Crippen molar-refractivity contribution in [2.24, 2.45) is 5.92 Å². The lowest BCUT2D eigenvalue weighted by Crippen LogP contribution is -2.12. The molecular formula is C16H20N2O3. The SMILES string of the molecule is COc1cc(OC)cc(-c2nc(CC(C)C)cc(=O)[nH]2)c1. The quantitative estimate of drug-likeness (QED) is 0.918. The number of hydrogen-bond donors (Lipinski definition) is 1. The Labute approximate surface area is 124 Å². The van der Waals surface area contributed by atoms with Gasteiger partial charge in [-0.05, 0) is 24.5 Å². The first-order valence-electron chi connectivity index (χ1n) is 6.85. The number of rotatable bonds is 5. The molecule has 1 N–H and O–H groups in total. The van der Waals surface area contributed by atoms with Gasteiger partial charge in [0.05, 0.1) is 14.2 Å². The lowest BCUT2D eigenvalue weighted by molar-refractivity contribution is 0.394. The number of aromatic nitrogens is 2. The van der Waals surface area contributed by atoms with Crippen LogP contribution in [0.15, 0.2) is 29.1 Å².